The summed E-state index contributed by atoms with van der Waals surface area (Å²) >= 11 is 0. The summed E-state index contributed by atoms with van der Waals surface area (Å²) in [5, 5.41) is 5.76. The van der Waals surface area contributed by atoms with Gasteiger partial charge in [-0.25, -0.2) is 4.79 Å². The maximum Gasteiger partial charge on any atom is 0.319 e. The third kappa shape index (κ3) is 5.43. The number of rotatable bonds is 5. The third-order valence-electron chi connectivity index (χ3n) is 5.34. The first-order chi connectivity index (χ1) is 13.0. The molecule has 2 aliphatic heterocycles. The number of benzene rings is 1. The summed E-state index contributed by atoms with van der Waals surface area (Å²) < 4.78 is 5.74. The monoisotopic (exact) mass is 374 g/mol. The molecule has 0 spiro atoms. The van der Waals surface area contributed by atoms with Crippen LogP contribution in [0, 0.1) is 12.8 Å². The van der Waals surface area contributed by atoms with Gasteiger partial charge in [0.15, 0.2) is 0 Å². The summed E-state index contributed by atoms with van der Waals surface area (Å²) in [6, 6.07) is 7.46. The number of hydrogen-bond acceptors (Lipinski definition) is 4. The van der Waals surface area contributed by atoms with E-state index in [1.807, 2.05) is 36.1 Å². The van der Waals surface area contributed by atoms with E-state index >= 15 is 0 Å². The van der Waals surface area contributed by atoms with Gasteiger partial charge < -0.3 is 26.0 Å². The lowest BCUT2D eigenvalue weighted by atomic mass is 9.97. The van der Waals surface area contributed by atoms with Gasteiger partial charge in [-0.05, 0) is 50.7 Å². The lowest BCUT2D eigenvalue weighted by Gasteiger charge is -2.34. The number of nitrogens with one attached hydrogen (secondary N) is 2. The highest BCUT2D eigenvalue weighted by molar-refractivity contribution is 5.89. The topological polar surface area (TPSA) is 96.7 Å². The summed E-state index contributed by atoms with van der Waals surface area (Å²) in [6.07, 6.45) is 3.21. The number of carbonyl (C=O) groups excluding carboxylic acids is 2. The number of amides is 3. The van der Waals surface area contributed by atoms with Crippen LogP contribution >= 0.6 is 0 Å². The van der Waals surface area contributed by atoms with Crippen molar-refractivity contribution in [2.24, 2.45) is 11.7 Å². The Morgan fingerprint density at radius 1 is 1.22 bits per heavy atom. The number of piperidine rings is 1. The van der Waals surface area contributed by atoms with Gasteiger partial charge in [-0.2, -0.15) is 0 Å². The van der Waals surface area contributed by atoms with Gasteiger partial charge in [-0.3, -0.25) is 4.79 Å². The number of nitrogens with two attached hydrogens (primary N) is 1. The van der Waals surface area contributed by atoms with E-state index in [0.29, 0.717) is 19.6 Å². The van der Waals surface area contributed by atoms with Crippen LogP contribution < -0.4 is 16.4 Å². The SMILES string of the molecule is Cc1ccc(NC(=O)NCC2CCCN(C(=O)[C@@H]3CC[C@H](CN)O3)C2)cc1. The summed E-state index contributed by atoms with van der Waals surface area (Å²) in [5.41, 5.74) is 7.55. The first-order valence-electron chi connectivity index (χ1n) is 9.81. The molecule has 1 unspecified atom stereocenters. The van der Waals surface area contributed by atoms with Crippen LogP contribution in [0.3, 0.4) is 0 Å². The fourth-order valence-electron chi connectivity index (χ4n) is 3.75. The molecule has 1 aromatic carbocycles. The number of carbonyl (C=O) groups is 2. The number of hydrogen-bond donors (Lipinski definition) is 3. The molecule has 3 atom stereocenters. The molecule has 0 aliphatic carbocycles. The Bertz CT molecular complexity index is 649. The molecule has 0 bridgehead atoms. The van der Waals surface area contributed by atoms with Crippen LogP contribution in [0.4, 0.5) is 10.5 Å². The Balaban J connectivity index is 1.43. The smallest absolute Gasteiger partial charge is 0.319 e. The fourth-order valence-corrected chi connectivity index (χ4v) is 3.75. The number of ether oxygens (including phenoxy) is 1. The van der Waals surface area contributed by atoms with Gasteiger partial charge in [0.1, 0.15) is 6.10 Å². The van der Waals surface area contributed by atoms with E-state index in [0.717, 1.165) is 43.5 Å². The minimum absolute atomic E-state index is 0.00618. The lowest BCUT2D eigenvalue weighted by molar-refractivity contribution is -0.144. The van der Waals surface area contributed by atoms with Crippen molar-refractivity contribution in [3.05, 3.63) is 29.8 Å². The van der Waals surface area contributed by atoms with Gasteiger partial charge in [0.25, 0.3) is 5.91 Å². The van der Waals surface area contributed by atoms with Crippen molar-refractivity contribution in [1.82, 2.24) is 10.2 Å². The van der Waals surface area contributed by atoms with Crippen molar-refractivity contribution in [1.29, 1.82) is 0 Å². The molecule has 2 saturated heterocycles. The minimum atomic E-state index is -0.352. The Kier molecular flexibility index (Phi) is 6.68. The molecule has 3 rings (SSSR count). The van der Waals surface area contributed by atoms with Gasteiger partial charge in [-0.15, -0.1) is 0 Å². The summed E-state index contributed by atoms with van der Waals surface area (Å²) in [5.74, 6) is 0.331. The van der Waals surface area contributed by atoms with Gasteiger partial charge in [-0.1, -0.05) is 17.7 Å². The second kappa shape index (κ2) is 9.19. The molecule has 0 saturated carbocycles. The van der Waals surface area contributed by atoms with Gasteiger partial charge in [0.05, 0.1) is 6.10 Å². The zero-order valence-corrected chi connectivity index (χ0v) is 15.9. The van der Waals surface area contributed by atoms with E-state index in [1.165, 1.54) is 0 Å². The van der Waals surface area contributed by atoms with Crippen LogP contribution in [0.15, 0.2) is 24.3 Å². The van der Waals surface area contributed by atoms with Crippen LogP contribution in [0.5, 0.6) is 0 Å². The quantitative estimate of drug-likeness (QED) is 0.733. The Hall–Kier alpha value is -2.12. The summed E-state index contributed by atoms with van der Waals surface area (Å²) in [4.78, 5) is 26.7. The molecule has 148 valence electrons. The largest absolute Gasteiger partial charge is 0.364 e. The van der Waals surface area contributed by atoms with Crippen molar-refractivity contribution in [3.8, 4) is 0 Å². The molecular formula is C20H30N4O3. The van der Waals surface area contributed by atoms with Crippen LogP contribution in [0.1, 0.15) is 31.2 Å². The Labute approximate surface area is 160 Å². The molecule has 27 heavy (non-hydrogen) atoms. The minimum Gasteiger partial charge on any atom is -0.364 e. The zero-order valence-electron chi connectivity index (χ0n) is 15.9. The van der Waals surface area contributed by atoms with E-state index in [9.17, 15) is 9.59 Å². The number of urea groups is 1. The highest BCUT2D eigenvalue weighted by Crippen LogP contribution is 2.23. The van der Waals surface area contributed by atoms with Crippen molar-refractivity contribution in [3.63, 3.8) is 0 Å². The second-order valence-corrected chi connectivity index (χ2v) is 7.55. The average molecular weight is 374 g/mol. The van der Waals surface area contributed by atoms with E-state index in [-0.39, 0.29) is 30.1 Å². The number of nitrogens with zero attached hydrogens (tertiary/aromatic N) is 1. The first-order valence-corrected chi connectivity index (χ1v) is 9.81. The van der Waals surface area contributed by atoms with Crippen LogP contribution in [0.25, 0.3) is 0 Å². The van der Waals surface area contributed by atoms with E-state index in [4.69, 9.17) is 10.5 Å². The standard InChI is InChI=1S/C20H30N4O3/c1-14-4-6-16(7-5-14)23-20(26)22-12-15-3-2-10-24(13-15)19(25)18-9-8-17(11-21)27-18/h4-7,15,17-18H,2-3,8-13,21H2,1H3,(H2,22,23,26)/t15?,17-,18+/m1/s1. The molecular weight excluding hydrogens is 344 g/mol. The number of anilines is 1. The van der Waals surface area contributed by atoms with E-state index in [2.05, 4.69) is 10.6 Å². The second-order valence-electron chi connectivity index (χ2n) is 7.55. The maximum absolute atomic E-state index is 12.7. The molecule has 2 aliphatic rings. The lowest BCUT2D eigenvalue weighted by Crippen LogP contribution is -2.47. The van der Waals surface area contributed by atoms with Gasteiger partial charge in [0.2, 0.25) is 0 Å². The fraction of sp³-hybridized carbons (Fsp3) is 0.600. The van der Waals surface area contributed by atoms with Crippen molar-refractivity contribution >= 4 is 17.6 Å². The normalized spacial score (nSPS) is 25.3. The average Bonchev–Trinajstić information content (AvgIpc) is 3.17. The zero-order chi connectivity index (χ0) is 19.2. The molecule has 4 N–H and O–H groups in total. The predicted octanol–water partition coefficient (Wildman–Crippen LogP) is 1.86. The Morgan fingerprint density at radius 3 is 2.70 bits per heavy atom. The molecule has 0 radical (unpaired) electrons. The number of likely N-dealkylation sites (tertiary alicyclic amines) is 1. The van der Waals surface area contributed by atoms with E-state index in [1.54, 1.807) is 0 Å². The van der Waals surface area contributed by atoms with Crippen LogP contribution in [-0.2, 0) is 9.53 Å². The molecule has 1 aromatic rings. The molecule has 7 nitrogen and oxygen atoms in total. The van der Waals surface area contributed by atoms with Crippen LogP contribution in [-0.4, -0.2) is 55.2 Å². The van der Waals surface area contributed by atoms with Crippen molar-refractivity contribution in [2.75, 3.05) is 31.5 Å². The highest BCUT2D eigenvalue weighted by Gasteiger charge is 2.34. The highest BCUT2D eigenvalue weighted by atomic mass is 16.5. The van der Waals surface area contributed by atoms with Crippen molar-refractivity contribution < 1.29 is 14.3 Å². The van der Waals surface area contributed by atoms with Crippen LogP contribution in [0.2, 0.25) is 0 Å². The molecule has 2 heterocycles. The molecule has 2 fully saturated rings. The van der Waals surface area contributed by atoms with Gasteiger partial charge in [0, 0.05) is 31.9 Å². The molecule has 0 aromatic heterocycles. The maximum atomic E-state index is 12.7. The third-order valence-corrected chi connectivity index (χ3v) is 5.34. The number of aryl methyl sites for hydroxylation is 1. The predicted molar refractivity (Wildman–Crippen MR) is 104 cm³/mol. The van der Waals surface area contributed by atoms with Crippen molar-refractivity contribution in [2.45, 2.75) is 44.8 Å². The molecule has 7 heteroatoms. The Morgan fingerprint density at radius 2 is 2.00 bits per heavy atom. The molecule has 3 amide bonds. The summed E-state index contributed by atoms with van der Waals surface area (Å²) in [7, 11) is 0. The summed E-state index contributed by atoms with van der Waals surface area (Å²) in [6.45, 7) is 4.45. The van der Waals surface area contributed by atoms with E-state index < -0.39 is 0 Å². The first kappa shape index (κ1) is 19.6. The van der Waals surface area contributed by atoms with Gasteiger partial charge >= 0.3 is 6.03 Å².